The summed E-state index contributed by atoms with van der Waals surface area (Å²) in [6, 6.07) is 25.3. The Bertz CT molecular complexity index is 1450. The van der Waals surface area contributed by atoms with Crippen molar-refractivity contribution in [3.63, 3.8) is 0 Å². The number of para-hydroxylation sites is 2. The molecule has 2 heterocycles. The number of carbonyl (C=O) groups is 1. The van der Waals surface area contributed by atoms with Crippen molar-refractivity contribution >= 4 is 23.0 Å². The Morgan fingerprint density at radius 3 is 2.38 bits per heavy atom. The summed E-state index contributed by atoms with van der Waals surface area (Å²) in [5.74, 6) is 0.962. The summed E-state index contributed by atoms with van der Waals surface area (Å²) in [6.07, 6.45) is 9.58. The van der Waals surface area contributed by atoms with E-state index in [2.05, 4.69) is 77.9 Å². The van der Waals surface area contributed by atoms with E-state index in [1.165, 1.54) is 43.5 Å². The molecule has 5 nitrogen and oxygen atoms in total. The second-order valence-electron chi connectivity index (χ2n) is 11.0. The van der Waals surface area contributed by atoms with Gasteiger partial charge in [-0.05, 0) is 79.7 Å². The molecule has 0 bridgehead atoms. The molecule has 1 saturated heterocycles. The third kappa shape index (κ3) is 6.89. The van der Waals surface area contributed by atoms with Crippen LogP contribution in [0.3, 0.4) is 0 Å². The number of benzene rings is 3. The van der Waals surface area contributed by atoms with Gasteiger partial charge >= 0.3 is 0 Å². The van der Waals surface area contributed by atoms with Gasteiger partial charge in [-0.2, -0.15) is 0 Å². The Morgan fingerprint density at radius 1 is 0.900 bits per heavy atom. The van der Waals surface area contributed by atoms with E-state index >= 15 is 0 Å². The molecule has 40 heavy (non-hydrogen) atoms. The van der Waals surface area contributed by atoms with Crippen LogP contribution in [0.4, 0.5) is 0 Å². The smallest absolute Gasteiger partial charge is 0.246 e. The topological polar surface area (TPSA) is 41.4 Å². The lowest BCUT2D eigenvalue weighted by atomic mass is 10.0. The van der Waals surface area contributed by atoms with Crippen molar-refractivity contribution in [2.45, 2.75) is 65.6 Å². The highest BCUT2D eigenvalue weighted by atomic mass is 16.2. The summed E-state index contributed by atoms with van der Waals surface area (Å²) in [4.78, 5) is 23.1. The summed E-state index contributed by atoms with van der Waals surface area (Å²) in [7, 11) is 0. The van der Waals surface area contributed by atoms with Crippen LogP contribution in [-0.4, -0.2) is 44.9 Å². The van der Waals surface area contributed by atoms with Crippen LogP contribution in [-0.2, 0) is 24.4 Å². The molecule has 0 radical (unpaired) electrons. The van der Waals surface area contributed by atoms with Crippen molar-refractivity contribution < 1.29 is 4.79 Å². The van der Waals surface area contributed by atoms with Gasteiger partial charge in [0.1, 0.15) is 5.82 Å². The van der Waals surface area contributed by atoms with E-state index in [4.69, 9.17) is 4.98 Å². The first-order chi connectivity index (χ1) is 19.6. The largest absolute Gasteiger partial charge is 0.332 e. The predicted octanol–water partition coefficient (Wildman–Crippen LogP) is 7.22. The average Bonchev–Trinajstić information content (AvgIpc) is 3.33. The normalized spacial score (nSPS) is 14.2. The van der Waals surface area contributed by atoms with Crippen molar-refractivity contribution in [3.05, 3.63) is 107 Å². The predicted molar refractivity (Wildman–Crippen MR) is 165 cm³/mol. The lowest BCUT2D eigenvalue weighted by Crippen LogP contribution is -2.31. The number of hydrogen-bond donors (Lipinski definition) is 0. The quantitative estimate of drug-likeness (QED) is 0.191. The number of fused-ring (bicyclic) bond motifs is 1. The van der Waals surface area contributed by atoms with E-state index < -0.39 is 0 Å². The Labute approximate surface area is 239 Å². The monoisotopic (exact) mass is 534 g/mol. The van der Waals surface area contributed by atoms with Gasteiger partial charge in [0.2, 0.25) is 5.91 Å². The Kier molecular flexibility index (Phi) is 9.46. The van der Waals surface area contributed by atoms with E-state index in [1.54, 1.807) is 6.08 Å². The molecule has 0 atom stereocenters. The highest BCUT2D eigenvalue weighted by Gasteiger charge is 2.19. The number of carbonyl (C=O) groups excluding carboxylic acids is 1. The van der Waals surface area contributed by atoms with Crippen molar-refractivity contribution in [2.24, 2.45) is 0 Å². The molecule has 0 unspecified atom stereocenters. The molecule has 4 aromatic rings. The fraction of sp³-hybridized carbons (Fsp3) is 0.371. The van der Waals surface area contributed by atoms with E-state index in [0.717, 1.165) is 53.9 Å². The van der Waals surface area contributed by atoms with Gasteiger partial charge in [-0.25, -0.2) is 4.98 Å². The van der Waals surface area contributed by atoms with Gasteiger partial charge in [-0.1, -0.05) is 80.4 Å². The van der Waals surface area contributed by atoms with Crippen LogP contribution in [0.2, 0.25) is 0 Å². The number of rotatable bonds is 11. The molecule has 1 amide bonds. The van der Waals surface area contributed by atoms with E-state index in [-0.39, 0.29) is 5.91 Å². The molecule has 5 rings (SSSR count). The third-order valence-electron chi connectivity index (χ3n) is 8.04. The standard InChI is InChI=1S/C35H42N4O/c1-3-4-24-38(35(40)21-20-29-15-7-6-14-28(29)2)27-34-36-32-18-10-11-19-33(32)39(34)26-31-17-9-8-16-30(31)25-37-22-12-5-13-23-37/h6-11,14-21H,3-5,12-13,22-27H2,1-2H3/b21-20+. The SMILES string of the molecule is CCCCN(Cc1nc2ccccc2n1Cc1ccccc1CN1CCCCC1)C(=O)/C=C/c1ccccc1C. The van der Waals surface area contributed by atoms with Crippen LogP contribution in [0.25, 0.3) is 17.1 Å². The zero-order chi connectivity index (χ0) is 27.7. The van der Waals surface area contributed by atoms with E-state index in [0.29, 0.717) is 13.1 Å². The fourth-order valence-electron chi connectivity index (χ4n) is 5.64. The average molecular weight is 535 g/mol. The molecule has 1 aliphatic rings. The van der Waals surface area contributed by atoms with Gasteiger partial charge in [-0.3, -0.25) is 9.69 Å². The molecule has 208 valence electrons. The lowest BCUT2D eigenvalue weighted by Gasteiger charge is -2.27. The molecule has 0 saturated carbocycles. The van der Waals surface area contributed by atoms with E-state index in [9.17, 15) is 4.79 Å². The molecule has 0 spiro atoms. The summed E-state index contributed by atoms with van der Waals surface area (Å²) in [5, 5.41) is 0. The highest BCUT2D eigenvalue weighted by Crippen LogP contribution is 2.23. The Hall–Kier alpha value is -3.70. The fourth-order valence-corrected chi connectivity index (χ4v) is 5.64. The second kappa shape index (κ2) is 13.6. The van der Waals surface area contributed by atoms with Crippen LogP contribution in [0, 0.1) is 6.92 Å². The molecule has 1 fully saturated rings. The van der Waals surface area contributed by atoms with Gasteiger partial charge in [0.15, 0.2) is 0 Å². The number of piperidine rings is 1. The molecular weight excluding hydrogens is 492 g/mol. The molecule has 1 aliphatic heterocycles. The number of likely N-dealkylation sites (tertiary alicyclic amines) is 1. The first-order valence-electron chi connectivity index (χ1n) is 14.9. The van der Waals surface area contributed by atoms with Crippen LogP contribution >= 0.6 is 0 Å². The van der Waals surface area contributed by atoms with Crippen LogP contribution in [0.1, 0.15) is 67.1 Å². The highest BCUT2D eigenvalue weighted by molar-refractivity contribution is 5.92. The van der Waals surface area contributed by atoms with Crippen molar-refractivity contribution in [3.8, 4) is 0 Å². The number of imidazole rings is 1. The maximum atomic E-state index is 13.5. The summed E-state index contributed by atoms with van der Waals surface area (Å²) >= 11 is 0. The number of amides is 1. The van der Waals surface area contributed by atoms with Gasteiger partial charge in [0.25, 0.3) is 0 Å². The number of nitrogens with zero attached hydrogens (tertiary/aromatic N) is 4. The zero-order valence-corrected chi connectivity index (χ0v) is 24.1. The first-order valence-corrected chi connectivity index (χ1v) is 14.9. The van der Waals surface area contributed by atoms with Gasteiger partial charge < -0.3 is 9.47 Å². The summed E-state index contributed by atoms with van der Waals surface area (Å²) in [5.41, 5.74) is 7.03. The van der Waals surface area contributed by atoms with Gasteiger partial charge in [-0.15, -0.1) is 0 Å². The maximum absolute atomic E-state index is 13.5. The number of aryl methyl sites for hydroxylation is 1. The molecular formula is C35H42N4O. The minimum Gasteiger partial charge on any atom is -0.332 e. The second-order valence-corrected chi connectivity index (χ2v) is 11.0. The summed E-state index contributed by atoms with van der Waals surface area (Å²) in [6.45, 7) is 9.53. The van der Waals surface area contributed by atoms with Gasteiger partial charge in [0, 0.05) is 25.7 Å². The van der Waals surface area contributed by atoms with Gasteiger partial charge in [0.05, 0.1) is 17.6 Å². The molecule has 1 aromatic heterocycles. The number of aromatic nitrogens is 2. The van der Waals surface area contributed by atoms with E-state index in [1.807, 2.05) is 29.2 Å². The number of unbranched alkanes of at least 4 members (excludes halogenated alkanes) is 1. The van der Waals surface area contributed by atoms with Crippen molar-refractivity contribution in [2.75, 3.05) is 19.6 Å². The van der Waals surface area contributed by atoms with Crippen molar-refractivity contribution in [1.82, 2.24) is 19.4 Å². The van der Waals surface area contributed by atoms with Crippen LogP contribution in [0.15, 0.2) is 78.9 Å². The lowest BCUT2D eigenvalue weighted by molar-refractivity contribution is -0.126. The summed E-state index contributed by atoms with van der Waals surface area (Å²) < 4.78 is 2.32. The molecule has 0 N–H and O–H groups in total. The molecule has 5 heteroatoms. The first kappa shape index (κ1) is 27.9. The number of hydrogen-bond acceptors (Lipinski definition) is 3. The third-order valence-corrected chi connectivity index (χ3v) is 8.04. The van der Waals surface area contributed by atoms with Crippen molar-refractivity contribution in [1.29, 1.82) is 0 Å². The Morgan fingerprint density at radius 2 is 1.60 bits per heavy atom. The minimum atomic E-state index is 0.0285. The Balaban J connectivity index is 1.43. The molecule has 3 aromatic carbocycles. The van der Waals surface area contributed by atoms with Crippen LogP contribution in [0.5, 0.6) is 0 Å². The minimum absolute atomic E-state index is 0.0285. The van der Waals surface area contributed by atoms with Crippen LogP contribution < -0.4 is 0 Å². The molecule has 0 aliphatic carbocycles. The maximum Gasteiger partial charge on any atom is 0.246 e. The zero-order valence-electron chi connectivity index (χ0n) is 24.1.